The van der Waals surface area contributed by atoms with Crippen LogP contribution in [0.15, 0.2) is 51.7 Å². The van der Waals surface area contributed by atoms with Crippen LogP contribution in [0.1, 0.15) is 10.4 Å². The van der Waals surface area contributed by atoms with E-state index in [2.05, 4.69) is 10.3 Å². The maximum atomic E-state index is 12.8. The van der Waals surface area contributed by atoms with E-state index in [1.54, 1.807) is 12.1 Å². The Bertz CT molecular complexity index is 833. The van der Waals surface area contributed by atoms with Crippen LogP contribution in [-0.2, 0) is 0 Å². The van der Waals surface area contributed by atoms with E-state index >= 15 is 0 Å². The van der Waals surface area contributed by atoms with E-state index in [0.29, 0.717) is 22.4 Å². The summed E-state index contributed by atoms with van der Waals surface area (Å²) in [6.45, 7) is 0. The molecule has 0 aliphatic carbocycles. The molecular formula is C14H9FN2O3. The molecule has 20 heavy (non-hydrogen) atoms. The monoisotopic (exact) mass is 272 g/mol. The summed E-state index contributed by atoms with van der Waals surface area (Å²) in [5.41, 5.74) is 1.72. The van der Waals surface area contributed by atoms with Crippen molar-refractivity contribution in [3.8, 4) is 0 Å². The molecule has 0 aliphatic rings. The molecule has 1 amide bonds. The van der Waals surface area contributed by atoms with E-state index in [4.69, 9.17) is 4.42 Å². The van der Waals surface area contributed by atoms with Crippen molar-refractivity contribution in [2.45, 2.75) is 0 Å². The fourth-order valence-corrected chi connectivity index (χ4v) is 1.83. The highest BCUT2D eigenvalue weighted by molar-refractivity contribution is 6.04. The van der Waals surface area contributed by atoms with Crippen molar-refractivity contribution in [1.29, 1.82) is 0 Å². The van der Waals surface area contributed by atoms with Crippen molar-refractivity contribution in [3.05, 3.63) is 64.4 Å². The van der Waals surface area contributed by atoms with Crippen LogP contribution in [0.5, 0.6) is 0 Å². The molecule has 5 nitrogen and oxygen atoms in total. The topological polar surface area (TPSA) is 75.1 Å². The van der Waals surface area contributed by atoms with Crippen LogP contribution in [0.25, 0.3) is 11.1 Å². The van der Waals surface area contributed by atoms with Crippen LogP contribution < -0.4 is 11.1 Å². The van der Waals surface area contributed by atoms with Crippen molar-refractivity contribution >= 4 is 22.7 Å². The van der Waals surface area contributed by atoms with Gasteiger partial charge in [-0.25, -0.2) is 9.18 Å². The van der Waals surface area contributed by atoms with E-state index in [0.717, 1.165) is 0 Å². The summed E-state index contributed by atoms with van der Waals surface area (Å²) in [7, 11) is 0. The Morgan fingerprint density at radius 1 is 1.15 bits per heavy atom. The molecule has 0 aliphatic heterocycles. The normalized spacial score (nSPS) is 10.7. The fourth-order valence-electron chi connectivity index (χ4n) is 1.83. The van der Waals surface area contributed by atoms with E-state index in [1.165, 1.54) is 30.3 Å². The second-order valence-corrected chi connectivity index (χ2v) is 4.19. The first-order valence-electron chi connectivity index (χ1n) is 5.81. The lowest BCUT2D eigenvalue weighted by Gasteiger charge is -2.04. The van der Waals surface area contributed by atoms with E-state index in [-0.39, 0.29) is 5.91 Å². The number of anilines is 1. The molecule has 0 atom stereocenters. The number of fused-ring (bicyclic) bond motifs is 1. The number of hydrogen-bond acceptors (Lipinski definition) is 3. The zero-order valence-electron chi connectivity index (χ0n) is 10.1. The van der Waals surface area contributed by atoms with Gasteiger partial charge in [0, 0.05) is 17.3 Å². The number of H-pyrrole nitrogens is 1. The maximum Gasteiger partial charge on any atom is 0.417 e. The third kappa shape index (κ3) is 2.31. The smallest absolute Gasteiger partial charge is 0.408 e. The van der Waals surface area contributed by atoms with Crippen molar-refractivity contribution in [1.82, 2.24) is 4.98 Å². The first-order chi connectivity index (χ1) is 9.61. The molecule has 2 N–H and O–H groups in total. The van der Waals surface area contributed by atoms with Gasteiger partial charge in [-0.15, -0.1) is 0 Å². The Morgan fingerprint density at radius 3 is 2.65 bits per heavy atom. The summed E-state index contributed by atoms with van der Waals surface area (Å²) >= 11 is 0. The minimum absolute atomic E-state index is 0.335. The Balaban J connectivity index is 1.86. The van der Waals surface area contributed by atoms with Crippen LogP contribution in [0.2, 0.25) is 0 Å². The van der Waals surface area contributed by atoms with Crippen molar-refractivity contribution in [2.24, 2.45) is 0 Å². The van der Waals surface area contributed by atoms with Gasteiger partial charge in [-0.3, -0.25) is 9.78 Å². The number of carbonyl (C=O) groups excluding carboxylic acids is 1. The molecule has 3 aromatic rings. The standard InChI is InChI=1S/C14H9FN2O3/c15-9-3-1-8(2-4-9)13(18)16-10-5-6-11-12(7-10)20-14(19)17-11/h1-7H,(H,16,18)(H,17,19). The largest absolute Gasteiger partial charge is 0.417 e. The lowest BCUT2D eigenvalue weighted by Crippen LogP contribution is -2.11. The average molecular weight is 272 g/mol. The molecule has 0 unspecified atom stereocenters. The number of aromatic nitrogens is 1. The minimum atomic E-state index is -0.554. The van der Waals surface area contributed by atoms with Gasteiger partial charge in [0.2, 0.25) is 0 Å². The Morgan fingerprint density at radius 2 is 1.90 bits per heavy atom. The molecule has 0 radical (unpaired) electrons. The predicted molar refractivity (Wildman–Crippen MR) is 71.2 cm³/mol. The van der Waals surface area contributed by atoms with Gasteiger partial charge in [0.05, 0.1) is 5.52 Å². The lowest BCUT2D eigenvalue weighted by molar-refractivity contribution is 0.102. The lowest BCUT2D eigenvalue weighted by atomic mass is 10.2. The summed E-state index contributed by atoms with van der Waals surface area (Å²) < 4.78 is 17.7. The minimum Gasteiger partial charge on any atom is -0.408 e. The number of hydrogen-bond donors (Lipinski definition) is 2. The summed E-state index contributed by atoms with van der Waals surface area (Å²) in [6.07, 6.45) is 0. The van der Waals surface area contributed by atoms with Crippen molar-refractivity contribution < 1.29 is 13.6 Å². The SMILES string of the molecule is O=C(Nc1ccc2[nH]c(=O)oc2c1)c1ccc(F)cc1. The highest BCUT2D eigenvalue weighted by Gasteiger charge is 2.08. The molecule has 0 bridgehead atoms. The van der Waals surface area contributed by atoms with Gasteiger partial charge in [-0.05, 0) is 36.4 Å². The third-order valence-corrected chi connectivity index (χ3v) is 2.79. The zero-order valence-corrected chi connectivity index (χ0v) is 10.1. The molecule has 0 fully saturated rings. The van der Waals surface area contributed by atoms with E-state index in [9.17, 15) is 14.0 Å². The van der Waals surface area contributed by atoms with Gasteiger partial charge in [-0.1, -0.05) is 0 Å². The molecule has 1 heterocycles. The first kappa shape index (κ1) is 12.2. The molecule has 0 saturated carbocycles. The Labute approximate surface area is 112 Å². The van der Waals surface area contributed by atoms with E-state index in [1.807, 2.05) is 0 Å². The summed E-state index contributed by atoms with van der Waals surface area (Å²) in [5, 5.41) is 2.64. The van der Waals surface area contributed by atoms with E-state index < -0.39 is 11.6 Å². The van der Waals surface area contributed by atoms with Gasteiger partial charge in [0.1, 0.15) is 5.82 Å². The number of aromatic amines is 1. The van der Waals surface area contributed by atoms with Crippen LogP contribution in [0, 0.1) is 5.82 Å². The highest BCUT2D eigenvalue weighted by atomic mass is 19.1. The molecule has 1 aromatic heterocycles. The second kappa shape index (κ2) is 4.65. The molecule has 6 heteroatoms. The molecular weight excluding hydrogens is 263 g/mol. The average Bonchev–Trinajstić information content (AvgIpc) is 2.78. The van der Waals surface area contributed by atoms with Crippen LogP contribution in [-0.4, -0.2) is 10.9 Å². The summed E-state index contributed by atoms with van der Waals surface area (Å²) in [5.74, 6) is -1.33. The molecule has 0 saturated heterocycles. The molecule has 100 valence electrons. The third-order valence-electron chi connectivity index (χ3n) is 2.79. The number of benzene rings is 2. The van der Waals surface area contributed by atoms with Crippen molar-refractivity contribution in [3.63, 3.8) is 0 Å². The van der Waals surface area contributed by atoms with Gasteiger partial charge < -0.3 is 9.73 Å². The van der Waals surface area contributed by atoms with Crippen molar-refractivity contribution in [2.75, 3.05) is 5.32 Å². The maximum absolute atomic E-state index is 12.8. The zero-order chi connectivity index (χ0) is 14.1. The quantitative estimate of drug-likeness (QED) is 0.752. The summed E-state index contributed by atoms with van der Waals surface area (Å²) in [4.78, 5) is 25.5. The molecule has 0 spiro atoms. The van der Waals surface area contributed by atoms with Gasteiger partial charge in [0.15, 0.2) is 5.58 Å². The number of nitrogens with one attached hydrogen (secondary N) is 2. The summed E-state index contributed by atoms with van der Waals surface area (Å²) in [6, 6.07) is 10.00. The molecule has 3 rings (SSSR count). The van der Waals surface area contributed by atoms with Gasteiger partial charge in [0.25, 0.3) is 5.91 Å². The second-order valence-electron chi connectivity index (χ2n) is 4.19. The predicted octanol–water partition coefficient (Wildman–Crippen LogP) is 2.51. The Kier molecular flexibility index (Phi) is 2.83. The number of rotatable bonds is 2. The number of amides is 1. The Hall–Kier alpha value is -2.89. The highest BCUT2D eigenvalue weighted by Crippen LogP contribution is 2.17. The molecule has 2 aromatic carbocycles. The first-order valence-corrected chi connectivity index (χ1v) is 5.81. The number of halogens is 1. The fraction of sp³-hybridized carbons (Fsp3) is 0. The number of oxazole rings is 1. The van der Waals surface area contributed by atoms with Crippen LogP contribution in [0.3, 0.4) is 0 Å². The number of carbonyl (C=O) groups is 1. The van der Waals surface area contributed by atoms with Gasteiger partial charge >= 0.3 is 5.76 Å². The van der Waals surface area contributed by atoms with Crippen LogP contribution >= 0.6 is 0 Å². The van der Waals surface area contributed by atoms with Crippen LogP contribution in [0.4, 0.5) is 10.1 Å². The van der Waals surface area contributed by atoms with Gasteiger partial charge in [-0.2, -0.15) is 0 Å².